The van der Waals surface area contributed by atoms with Crippen LogP contribution in [0.1, 0.15) is 58.3 Å². The van der Waals surface area contributed by atoms with Crippen LogP contribution in [0.15, 0.2) is 0 Å². The molecule has 18 heavy (non-hydrogen) atoms. The van der Waals surface area contributed by atoms with Crippen molar-refractivity contribution in [3.8, 4) is 0 Å². The number of carboxylic acids is 1. The molecule has 4 heteroatoms. The van der Waals surface area contributed by atoms with Gasteiger partial charge in [-0.15, -0.1) is 0 Å². The largest absolute Gasteiger partial charge is 0.481 e. The molecule has 0 aromatic rings. The van der Waals surface area contributed by atoms with E-state index >= 15 is 0 Å². The van der Waals surface area contributed by atoms with Gasteiger partial charge in [0.25, 0.3) is 0 Å². The molecule has 1 fully saturated rings. The molecule has 0 aromatic heterocycles. The number of rotatable bonds is 8. The maximum absolute atomic E-state index is 11.7. The Bertz CT molecular complexity index is 278. The normalized spacial score (nSPS) is 17.8. The molecule has 1 heterocycles. The number of carbonyl (C=O) groups is 2. The lowest BCUT2D eigenvalue weighted by Crippen LogP contribution is -2.36. The molecule has 1 N–H and O–H groups in total. The van der Waals surface area contributed by atoms with Crippen LogP contribution >= 0.6 is 0 Å². The van der Waals surface area contributed by atoms with Gasteiger partial charge in [-0.2, -0.15) is 0 Å². The van der Waals surface area contributed by atoms with Crippen molar-refractivity contribution in [3.63, 3.8) is 0 Å². The zero-order valence-corrected chi connectivity index (χ0v) is 11.4. The monoisotopic (exact) mass is 255 g/mol. The fraction of sp³-hybridized carbons (Fsp3) is 0.857. The Labute approximate surface area is 109 Å². The van der Waals surface area contributed by atoms with E-state index in [0.717, 1.165) is 51.6 Å². The van der Waals surface area contributed by atoms with Crippen molar-refractivity contribution >= 4 is 11.9 Å². The summed E-state index contributed by atoms with van der Waals surface area (Å²) >= 11 is 0. The van der Waals surface area contributed by atoms with Gasteiger partial charge >= 0.3 is 5.97 Å². The molecule has 1 rings (SSSR count). The van der Waals surface area contributed by atoms with Crippen molar-refractivity contribution < 1.29 is 14.7 Å². The summed E-state index contributed by atoms with van der Waals surface area (Å²) in [5.74, 6) is 0.000659. The second-order valence-corrected chi connectivity index (χ2v) is 5.21. The second kappa shape index (κ2) is 8.11. The predicted octanol–water partition coefficient (Wildman–Crippen LogP) is 2.67. The van der Waals surface area contributed by atoms with Crippen LogP contribution in [0.5, 0.6) is 0 Å². The molecule has 1 aliphatic heterocycles. The van der Waals surface area contributed by atoms with Gasteiger partial charge in [0.05, 0.1) is 0 Å². The lowest BCUT2D eigenvalue weighted by atomic mass is 9.94. The van der Waals surface area contributed by atoms with E-state index in [2.05, 4.69) is 6.92 Å². The molecule has 0 radical (unpaired) electrons. The Balaban J connectivity index is 2.31. The van der Waals surface area contributed by atoms with Crippen molar-refractivity contribution in [1.82, 2.24) is 4.90 Å². The molecule has 0 aliphatic carbocycles. The summed E-state index contributed by atoms with van der Waals surface area (Å²) in [6.45, 7) is 3.82. The number of hydrogen-bond acceptors (Lipinski definition) is 2. The van der Waals surface area contributed by atoms with Crippen LogP contribution in [-0.4, -0.2) is 35.0 Å². The third-order valence-corrected chi connectivity index (χ3v) is 3.69. The number of likely N-dealkylation sites (tertiary alicyclic amines) is 1. The quantitative estimate of drug-likeness (QED) is 0.725. The lowest BCUT2D eigenvalue weighted by molar-refractivity contribution is -0.137. The Morgan fingerprint density at radius 3 is 2.72 bits per heavy atom. The van der Waals surface area contributed by atoms with Crippen molar-refractivity contribution in [2.24, 2.45) is 5.92 Å². The maximum atomic E-state index is 11.7. The summed E-state index contributed by atoms with van der Waals surface area (Å²) in [4.78, 5) is 24.2. The first kappa shape index (κ1) is 15.0. The van der Waals surface area contributed by atoms with E-state index in [1.807, 2.05) is 4.90 Å². The zero-order valence-electron chi connectivity index (χ0n) is 11.4. The molecule has 1 atom stereocenters. The van der Waals surface area contributed by atoms with Crippen LogP contribution in [0, 0.1) is 5.92 Å². The van der Waals surface area contributed by atoms with Crippen LogP contribution < -0.4 is 0 Å². The molecule has 104 valence electrons. The molecule has 1 amide bonds. The first-order chi connectivity index (χ1) is 8.63. The van der Waals surface area contributed by atoms with Gasteiger partial charge in [0, 0.05) is 25.9 Å². The van der Waals surface area contributed by atoms with Crippen molar-refractivity contribution in [2.75, 3.05) is 13.1 Å². The van der Waals surface area contributed by atoms with E-state index in [4.69, 9.17) is 5.11 Å². The molecule has 1 unspecified atom stereocenters. The van der Waals surface area contributed by atoms with Crippen molar-refractivity contribution in [3.05, 3.63) is 0 Å². The van der Waals surface area contributed by atoms with Crippen LogP contribution in [0.3, 0.4) is 0 Å². The first-order valence-corrected chi connectivity index (χ1v) is 7.13. The van der Waals surface area contributed by atoms with E-state index in [1.165, 1.54) is 0 Å². The molecule has 0 saturated carbocycles. The van der Waals surface area contributed by atoms with Crippen molar-refractivity contribution in [1.29, 1.82) is 0 Å². The van der Waals surface area contributed by atoms with E-state index in [0.29, 0.717) is 12.3 Å². The van der Waals surface area contributed by atoms with Crippen LogP contribution in [0.2, 0.25) is 0 Å². The fourth-order valence-corrected chi connectivity index (χ4v) is 2.61. The summed E-state index contributed by atoms with van der Waals surface area (Å²) in [7, 11) is 0. The van der Waals surface area contributed by atoms with Gasteiger partial charge in [-0.05, 0) is 31.6 Å². The first-order valence-electron chi connectivity index (χ1n) is 7.13. The summed E-state index contributed by atoms with van der Waals surface area (Å²) in [6.07, 6.45) is 6.91. The highest BCUT2D eigenvalue weighted by Gasteiger charge is 2.19. The van der Waals surface area contributed by atoms with Gasteiger partial charge in [0.1, 0.15) is 0 Å². The Hall–Kier alpha value is -1.06. The topological polar surface area (TPSA) is 57.6 Å². The number of aliphatic carboxylic acids is 1. The SMILES string of the molecule is CCCC(CCC(=O)O)CCN1CCCCC1=O. The minimum Gasteiger partial charge on any atom is -0.481 e. The second-order valence-electron chi connectivity index (χ2n) is 5.21. The summed E-state index contributed by atoms with van der Waals surface area (Å²) in [5.41, 5.74) is 0. The predicted molar refractivity (Wildman–Crippen MR) is 70.3 cm³/mol. The van der Waals surface area contributed by atoms with E-state index < -0.39 is 5.97 Å². The molecule has 0 aromatic carbocycles. The maximum Gasteiger partial charge on any atom is 0.303 e. The lowest BCUT2D eigenvalue weighted by Gasteiger charge is -2.28. The molecule has 0 spiro atoms. The van der Waals surface area contributed by atoms with Gasteiger partial charge in [0.15, 0.2) is 0 Å². The van der Waals surface area contributed by atoms with Gasteiger partial charge < -0.3 is 10.0 Å². The Kier molecular flexibility index (Phi) is 6.76. The smallest absolute Gasteiger partial charge is 0.303 e. The number of carboxylic acid groups (broad SMARTS) is 1. The summed E-state index contributed by atoms with van der Waals surface area (Å²) < 4.78 is 0. The van der Waals surface area contributed by atoms with E-state index in [9.17, 15) is 9.59 Å². The number of piperidine rings is 1. The summed E-state index contributed by atoms with van der Waals surface area (Å²) in [6, 6.07) is 0. The summed E-state index contributed by atoms with van der Waals surface area (Å²) in [5, 5.41) is 8.73. The van der Waals surface area contributed by atoms with Crippen LogP contribution in [0.4, 0.5) is 0 Å². The minimum atomic E-state index is -0.717. The molecular weight excluding hydrogens is 230 g/mol. The number of amides is 1. The third-order valence-electron chi connectivity index (χ3n) is 3.69. The molecule has 1 aliphatic rings. The average molecular weight is 255 g/mol. The third kappa shape index (κ3) is 5.52. The molecule has 0 bridgehead atoms. The van der Waals surface area contributed by atoms with Crippen LogP contribution in [-0.2, 0) is 9.59 Å². The highest BCUT2D eigenvalue weighted by molar-refractivity contribution is 5.76. The minimum absolute atomic E-state index is 0.249. The number of carbonyl (C=O) groups excluding carboxylic acids is 1. The molecule has 4 nitrogen and oxygen atoms in total. The van der Waals surface area contributed by atoms with Crippen molar-refractivity contribution in [2.45, 2.75) is 58.3 Å². The Morgan fingerprint density at radius 2 is 2.11 bits per heavy atom. The van der Waals surface area contributed by atoms with Gasteiger partial charge in [-0.25, -0.2) is 0 Å². The van der Waals surface area contributed by atoms with E-state index in [1.54, 1.807) is 0 Å². The Morgan fingerprint density at radius 1 is 1.33 bits per heavy atom. The number of hydrogen-bond donors (Lipinski definition) is 1. The standard InChI is InChI=1S/C14H25NO3/c1-2-5-12(7-8-14(17)18)9-11-15-10-4-3-6-13(15)16/h12H,2-11H2,1H3,(H,17,18). The van der Waals surface area contributed by atoms with Gasteiger partial charge in [-0.3, -0.25) is 9.59 Å². The molecular formula is C14H25NO3. The van der Waals surface area contributed by atoms with Gasteiger partial charge in [-0.1, -0.05) is 19.8 Å². The zero-order chi connectivity index (χ0) is 13.4. The fourth-order valence-electron chi connectivity index (χ4n) is 2.61. The van der Waals surface area contributed by atoms with Gasteiger partial charge in [0.2, 0.25) is 5.91 Å². The number of nitrogens with zero attached hydrogens (tertiary/aromatic N) is 1. The average Bonchev–Trinajstić information content (AvgIpc) is 2.34. The highest BCUT2D eigenvalue weighted by Crippen LogP contribution is 2.20. The van der Waals surface area contributed by atoms with Crippen LogP contribution in [0.25, 0.3) is 0 Å². The van der Waals surface area contributed by atoms with E-state index in [-0.39, 0.29) is 12.3 Å². The molecule has 1 saturated heterocycles. The highest BCUT2D eigenvalue weighted by atomic mass is 16.4.